The summed E-state index contributed by atoms with van der Waals surface area (Å²) in [4.78, 5) is 0. The van der Waals surface area contributed by atoms with E-state index >= 15 is 0 Å². The second-order valence-corrected chi connectivity index (χ2v) is 12.8. The summed E-state index contributed by atoms with van der Waals surface area (Å²) in [6.07, 6.45) is 15.6. The van der Waals surface area contributed by atoms with Gasteiger partial charge in [0.05, 0.1) is 8.07 Å². The van der Waals surface area contributed by atoms with E-state index in [0.717, 1.165) is 29.2 Å². The van der Waals surface area contributed by atoms with E-state index in [1.54, 1.807) is 5.19 Å². The van der Waals surface area contributed by atoms with Crippen molar-refractivity contribution in [1.29, 1.82) is 0 Å². The van der Waals surface area contributed by atoms with Gasteiger partial charge in [0.25, 0.3) is 0 Å². The summed E-state index contributed by atoms with van der Waals surface area (Å²) in [6.45, 7) is 5.26. The number of hydrogen-bond donors (Lipinski definition) is 0. The van der Waals surface area contributed by atoms with E-state index in [-0.39, 0.29) is 0 Å². The van der Waals surface area contributed by atoms with Gasteiger partial charge in [-0.2, -0.15) is 0 Å². The highest BCUT2D eigenvalue weighted by Crippen LogP contribution is 2.60. The Balaban J connectivity index is 1.75. The molecule has 22 heavy (non-hydrogen) atoms. The number of fused-ring (bicyclic) bond motifs is 3. The van der Waals surface area contributed by atoms with Crippen molar-refractivity contribution in [2.75, 3.05) is 0 Å². The third-order valence-corrected chi connectivity index (χ3v) is 11.1. The van der Waals surface area contributed by atoms with Crippen LogP contribution in [0.25, 0.3) is 0 Å². The number of benzene rings is 1. The van der Waals surface area contributed by atoms with Crippen LogP contribution in [-0.4, -0.2) is 8.07 Å². The van der Waals surface area contributed by atoms with E-state index in [1.165, 1.54) is 25.7 Å². The molecule has 0 aliphatic heterocycles. The van der Waals surface area contributed by atoms with E-state index in [2.05, 4.69) is 67.7 Å². The summed E-state index contributed by atoms with van der Waals surface area (Å²) >= 11 is 0. The molecule has 0 saturated heterocycles. The molecule has 2 fully saturated rings. The Labute approximate surface area is 136 Å². The predicted octanol–water partition coefficient (Wildman–Crippen LogP) is 5.15. The Morgan fingerprint density at radius 2 is 1.45 bits per heavy atom. The van der Waals surface area contributed by atoms with Gasteiger partial charge >= 0.3 is 0 Å². The molecule has 0 heterocycles. The summed E-state index contributed by atoms with van der Waals surface area (Å²) in [7, 11) is -1.45. The molecule has 5 unspecified atom stereocenters. The van der Waals surface area contributed by atoms with Gasteiger partial charge in [0.15, 0.2) is 0 Å². The summed E-state index contributed by atoms with van der Waals surface area (Å²) in [6, 6.07) is 11.5. The first-order chi connectivity index (χ1) is 10.7. The van der Waals surface area contributed by atoms with E-state index in [0.29, 0.717) is 0 Å². The van der Waals surface area contributed by atoms with Crippen molar-refractivity contribution in [2.24, 2.45) is 23.7 Å². The number of hydrogen-bond acceptors (Lipinski definition) is 0. The van der Waals surface area contributed by atoms with Gasteiger partial charge in [-0.3, -0.25) is 0 Å². The number of rotatable bonds is 2. The maximum Gasteiger partial charge on any atom is 0.0845 e. The normalized spacial score (nSPS) is 36.9. The molecule has 4 rings (SSSR count). The van der Waals surface area contributed by atoms with Crippen LogP contribution in [0.15, 0.2) is 54.6 Å². The molecule has 2 saturated carbocycles. The fourth-order valence-corrected chi connectivity index (χ4v) is 10.1. The smallest absolute Gasteiger partial charge is 0.0808 e. The largest absolute Gasteiger partial charge is 0.0845 e. The van der Waals surface area contributed by atoms with Gasteiger partial charge in [0, 0.05) is 0 Å². The minimum atomic E-state index is -1.45. The lowest BCUT2D eigenvalue weighted by Gasteiger charge is -2.40. The highest BCUT2D eigenvalue weighted by Gasteiger charge is 2.54. The molecule has 3 aliphatic rings. The fourth-order valence-electron chi connectivity index (χ4n) is 5.90. The molecular formula is C21H28Si. The van der Waals surface area contributed by atoms with Crippen LogP contribution >= 0.6 is 0 Å². The highest BCUT2D eigenvalue weighted by molar-refractivity contribution is 6.91. The molecule has 3 aliphatic carbocycles. The van der Waals surface area contributed by atoms with Gasteiger partial charge in [-0.25, -0.2) is 0 Å². The maximum absolute atomic E-state index is 2.63. The van der Waals surface area contributed by atoms with Crippen LogP contribution in [0, 0.1) is 23.7 Å². The molecule has 1 aromatic rings. The van der Waals surface area contributed by atoms with Crippen LogP contribution in [0.2, 0.25) is 18.6 Å². The SMILES string of the molecule is C[Si](C)(c1ccccc1)C1C2C=CC=CC2C2CCCCC21. The van der Waals surface area contributed by atoms with Crippen molar-refractivity contribution in [2.45, 2.75) is 44.3 Å². The summed E-state index contributed by atoms with van der Waals surface area (Å²) in [5, 5.41) is 1.66. The zero-order chi connectivity index (χ0) is 15.2. The second kappa shape index (κ2) is 5.52. The van der Waals surface area contributed by atoms with Crippen molar-refractivity contribution in [3.05, 3.63) is 54.6 Å². The summed E-state index contributed by atoms with van der Waals surface area (Å²) < 4.78 is 0. The molecule has 0 bridgehead atoms. The van der Waals surface area contributed by atoms with Gasteiger partial charge in [0.1, 0.15) is 0 Å². The third kappa shape index (κ3) is 2.17. The van der Waals surface area contributed by atoms with Crippen LogP contribution in [0.1, 0.15) is 25.7 Å². The Bertz CT molecular complexity index is 583. The molecular weight excluding hydrogens is 280 g/mol. The van der Waals surface area contributed by atoms with E-state index in [1.807, 2.05) is 0 Å². The molecule has 0 N–H and O–H groups in total. The summed E-state index contributed by atoms with van der Waals surface area (Å²) in [5.74, 6) is 3.56. The van der Waals surface area contributed by atoms with Crippen LogP contribution in [0.5, 0.6) is 0 Å². The molecule has 0 radical (unpaired) electrons. The first-order valence-corrected chi connectivity index (χ1v) is 12.2. The van der Waals surface area contributed by atoms with Crippen LogP contribution < -0.4 is 5.19 Å². The molecule has 5 atom stereocenters. The van der Waals surface area contributed by atoms with Crippen LogP contribution in [0.3, 0.4) is 0 Å². The Hall–Kier alpha value is -1.08. The second-order valence-electron chi connectivity index (χ2n) is 8.15. The molecule has 0 nitrogen and oxygen atoms in total. The van der Waals surface area contributed by atoms with E-state index < -0.39 is 8.07 Å². The van der Waals surface area contributed by atoms with E-state index in [4.69, 9.17) is 0 Å². The fraction of sp³-hybridized carbons (Fsp3) is 0.524. The minimum Gasteiger partial charge on any atom is -0.0808 e. The average Bonchev–Trinajstić information content (AvgIpc) is 2.91. The van der Waals surface area contributed by atoms with Gasteiger partial charge in [-0.15, -0.1) is 0 Å². The van der Waals surface area contributed by atoms with Gasteiger partial charge in [-0.05, 0) is 35.6 Å². The predicted molar refractivity (Wildman–Crippen MR) is 98.0 cm³/mol. The lowest BCUT2D eigenvalue weighted by Crippen LogP contribution is -2.49. The average molecular weight is 309 g/mol. The molecule has 1 aromatic carbocycles. The Morgan fingerprint density at radius 1 is 0.818 bits per heavy atom. The van der Waals surface area contributed by atoms with Crippen molar-refractivity contribution < 1.29 is 0 Å². The Kier molecular flexibility index (Phi) is 3.64. The molecule has 116 valence electrons. The first-order valence-electron chi connectivity index (χ1n) is 9.10. The lowest BCUT2D eigenvalue weighted by atomic mass is 9.77. The summed E-state index contributed by atoms with van der Waals surface area (Å²) in [5.41, 5.74) is 0.923. The van der Waals surface area contributed by atoms with Crippen molar-refractivity contribution in [3.8, 4) is 0 Å². The Morgan fingerprint density at radius 3 is 2.18 bits per heavy atom. The van der Waals surface area contributed by atoms with Crippen LogP contribution in [-0.2, 0) is 0 Å². The topological polar surface area (TPSA) is 0 Å². The molecule has 0 spiro atoms. The first kappa shape index (κ1) is 14.5. The van der Waals surface area contributed by atoms with E-state index in [9.17, 15) is 0 Å². The van der Waals surface area contributed by atoms with Crippen molar-refractivity contribution in [1.82, 2.24) is 0 Å². The quantitative estimate of drug-likeness (QED) is 0.663. The number of allylic oxidation sites excluding steroid dienone is 4. The lowest BCUT2D eigenvalue weighted by molar-refractivity contribution is 0.247. The standard InChI is InChI=1S/C21H28Si/c1-22(2,16-10-4-3-5-11-16)21-19-14-8-6-12-17(19)18-13-7-9-15-20(18)21/h3-6,8,10-12,14,17-21H,7,9,13,15H2,1-2H3. The van der Waals surface area contributed by atoms with Gasteiger partial charge in [-0.1, -0.05) is 92.2 Å². The molecule has 1 heteroatoms. The minimum absolute atomic E-state index is 0.806. The third-order valence-electron chi connectivity index (χ3n) is 6.82. The molecule has 0 aromatic heterocycles. The highest BCUT2D eigenvalue weighted by atomic mass is 28.3. The van der Waals surface area contributed by atoms with Gasteiger partial charge < -0.3 is 0 Å². The monoisotopic (exact) mass is 308 g/mol. The van der Waals surface area contributed by atoms with Crippen LogP contribution in [0.4, 0.5) is 0 Å². The van der Waals surface area contributed by atoms with Crippen molar-refractivity contribution >= 4 is 13.3 Å². The zero-order valence-corrected chi connectivity index (χ0v) is 14.9. The zero-order valence-electron chi connectivity index (χ0n) is 13.9. The maximum atomic E-state index is 2.63. The van der Waals surface area contributed by atoms with Gasteiger partial charge in [0.2, 0.25) is 0 Å². The van der Waals surface area contributed by atoms with Crippen molar-refractivity contribution in [3.63, 3.8) is 0 Å². The molecule has 0 amide bonds.